The molecule has 106 valence electrons. The summed E-state index contributed by atoms with van der Waals surface area (Å²) in [6, 6.07) is 13.0. The molecule has 0 unspecified atom stereocenters. The van der Waals surface area contributed by atoms with Gasteiger partial charge < -0.3 is 9.47 Å². The number of thiophene rings is 1. The molecule has 0 aliphatic carbocycles. The average molecular weight is 298 g/mol. The van der Waals surface area contributed by atoms with E-state index < -0.39 is 0 Å². The van der Waals surface area contributed by atoms with E-state index in [1.165, 1.54) is 0 Å². The first-order valence-corrected chi connectivity index (χ1v) is 7.35. The maximum Gasteiger partial charge on any atom is 0.194 e. The van der Waals surface area contributed by atoms with Crippen LogP contribution in [0.5, 0.6) is 11.5 Å². The average Bonchev–Trinajstić information content (AvgIpc) is 3.02. The molecule has 3 nitrogen and oxygen atoms in total. The van der Waals surface area contributed by atoms with Crippen molar-refractivity contribution in [3.63, 3.8) is 0 Å². The lowest BCUT2D eigenvalue weighted by Gasteiger charge is -2.09. The summed E-state index contributed by atoms with van der Waals surface area (Å²) in [5.74, 6) is 1.16. The Morgan fingerprint density at radius 1 is 1.00 bits per heavy atom. The Balaban J connectivity index is 2.08. The van der Waals surface area contributed by atoms with E-state index in [0.717, 1.165) is 15.6 Å². The molecule has 1 aromatic heterocycles. The molecule has 0 aliphatic rings. The van der Waals surface area contributed by atoms with Crippen LogP contribution in [-0.2, 0) is 0 Å². The Hall–Kier alpha value is -2.33. The van der Waals surface area contributed by atoms with Crippen LogP contribution in [0.4, 0.5) is 0 Å². The Kier molecular flexibility index (Phi) is 3.62. The van der Waals surface area contributed by atoms with Crippen molar-refractivity contribution in [2.24, 2.45) is 0 Å². The fourth-order valence-corrected chi connectivity index (χ4v) is 3.22. The minimum atomic E-state index is -0.0102. The minimum Gasteiger partial charge on any atom is -0.493 e. The minimum absolute atomic E-state index is 0.0102. The molecule has 0 saturated carbocycles. The first kappa shape index (κ1) is 13.6. The summed E-state index contributed by atoms with van der Waals surface area (Å²) < 4.78 is 11.5. The number of rotatable bonds is 4. The fraction of sp³-hybridized carbons (Fsp3) is 0.118. The summed E-state index contributed by atoms with van der Waals surface area (Å²) in [6.07, 6.45) is 0. The zero-order valence-corrected chi connectivity index (χ0v) is 12.6. The van der Waals surface area contributed by atoms with Gasteiger partial charge in [0.05, 0.1) is 14.2 Å². The number of carbonyl (C=O) groups excluding carboxylic acids is 1. The molecule has 1 heterocycles. The molecule has 0 amide bonds. The summed E-state index contributed by atoms with van der Waals surface area (Å²) in [7, 11) is 3.14. The van der Waals surface area contributed by atoms with Gasteiger partial charge in [0.15, 0.2) is 17.3 Å². The topological polar surface area (TPSA) is 35.5 Å². The van der Waals surface area contributed by atoms with E-state index in [1.807, 2.05) is 29.6 Å². The van der Waals surface area contributed by atoms with Crippen molar-refractivity contribution in [3.8, 4) is 11.5 Å². The van der Waals surface area contributed by atoms with Crippen molar-refractivity contribution >= 4 is 27.2 Å². The smallest absolute Gasteiger partial charge is 0.194 e. The van der Waals surface area contributed by atoms with Crippen LogP contribution in [0.1, 0.15) is 15.9 Å². The number of benzene rings is 2. The zero-order valence-electron chi connectivity index (χ0n) is 11.8. The summed E-state index contributed by atoms with van der Waals surface area (Å²) in [4.78, 5) is 12.7. The number of carbonyl (C=O) groups is 1. The van der Waals surface area contributed by atoms with Gasteiger partial charge in [0.1, 0.15) is 0 Å². The number of hydrogen-bond acceptors (Lipinski definition) is 4. The molecule has 2 aromatic carbocycles. The molecule has 4 heteroatoms. The second kappa shape index (κ2) is 5.58. The molecule has 0 fully saturated rings. The molecule has 0 spiro atoms. The summed E-state index contributed by atoms with van der Waals surface area (Å²) in [5, 5.41) is 3.09. The predicted molar refractivity (Wildman–Crippen MR) is 84.8 cm³/mol. The number of ketones is 1. The first-order chi connectivity index (χ1) is 10.2. The number of methoxy groups -OCH3 is 2. The van der Waals surface area contributed by atoms with E-state index in [-0.39, 0.29) is 5.78 Å². The standard InChI is InChI=1S/C17H14O3S/c1-19-14-7-6-12(10-15(14)20-2)16(18)13-5-3-4-11-8-9-21-17(11)13/h3-10H,1-2H3. The third-order valence-corrected chi connectivity index (χ3v) is 4.33. The largest absolute Gasteiger partial charge is 0.493 e. The highest BCUT2D eigenvalue weighted by Crippen LogP contribution is 2.31. The van der Waals surface area contributed by atoms with Crippen LogP contribution in [0.3, 0.4) is 0 Å². The van der Waals surface area contributed by atoms with Crippen LogP contribution < -0.4 is 9.47 Å². The van der Waals surface area contributed by atoms with Crippen LogP contribution in [0.2, 0.25) is 0 Å². The SMILES string of the molecule is COc1ccc(C(=O)c2cccc3ccsc23)cc1OC. The normalized spacial score (nSPS) is 10.6. The van der Waals surface area contributed by atoms with Crippen LogP contribution in [-0.4, -0.2) is 20.0 Å². The van der Waals surface area contributed by atoms with Crippen LogP contribution in [0.15, 0.2) is 47.8 Å². The van der Waals surface area contributed by atoms with Gasteiger partial charge >= 0.3 is 0 Å². The predicted octanol–water partition coefficient (Wildman–Crippen LogP) is 4.15. The van der Waals surface area contributed by atoms with Crippen molar-refractivity contribution in [2.75, 3.05) is 14.2 Å². The van der Waals surface area contributed by atoms with Gasteiger partial charge in [-0.25, -0.2) is 0 Å². The highest BCUT2D eigenvalue weighted by molar-refractivity contribution is 7.17. The molecule has 3 aromatic rings. The van der Waals surface area contributed by atoms with E-state index in [0.29, 0.717) is 17.1 Å². The lowest BCUT2D eigenvalue weighted by molar-refractivity contribution is 0.104. The molecule has 0 aliphatic heterocycles. The molecule has 0 bridgehead atoms. The second-order valence-electron chi connectivity index (χ2n) is 4.54. The molecular weight excluding hydrogens is 284 g/mol. The highest BCUT2D eigenvalue weighted by Gasteiger charge is 2.15. The maximum absolute atomic E-state index is 12.7. The molecular formula is C17H14O3S. The molecule has 0 radical (unpaired) electrons. The highest BCUT2D eigenvalue weighted by atomic mass is 32.1. The van der Waals surface area contributed by atoms with E-state index in [4.69, 9.17) is 9.47 Å². The first-order valence-electron chi connectivity index (χ1n) is 6.47. The number of hydrogen-bond donors (Lipinski definition) is 0. The van der Waals surface area contributed by atoms with Crippen molar-refractivity contribution in [2.45, 2.75) is 0 Å². The van der Waals surface area contributed by atoms with Gasteiger partial charge in [-0.15, -0.1) is 11.3 Å². The fourth-order valence-electron chi connectivity index (χ4n) is 2.30. The zero-order chi connectivity index (χ0) is 14.8. The Morgan fingerprint density at radius 3 is 2.57 bits per heavy atom. The molecule has 0 atom stereocenters. The van der Waals surface area contributed by atoms with Crippen molar-refractivity contribution in [1.29, 1.82) is 0 Å². The van der Waals surface area contributed by atoms with Gasteiger partial charge in [-0.05, 0) is 41.1 Å². The monoisotopic (exact) mass is 298 g/mol. The van der Waals surface area contributed by atoms with Gasteiger partial charge in [-0.3, -0.25) is 4.79 Å². The molecule has 0 N–H and O–H groups in total. The third-order valence-electron chi connectivity index (χ3n) is 3.37. The lowest BCUT2D eigenvalue weighted by atomic mass is 10.0. The van der Waals surface area contributed by atoms with Gasteiger partial charge in [0.25, 0.3) is 0 Å². The molecule has 3 rings (SSSR count). The quantitative estimate of drug-likeness (QED) is 0.679. The Morgan fingerprint density at radius 2 is 1.81 bits per heavy atom. The van der Waals surface area contributed by atoms with E-state index in [2.05, 4.69) is 0 Å². The second-order valence-corrected chi connectivity index (χ2v) is 5.46. The lowest BCUT2D eigenvalue weighted by Crippen LogP contribution is -2.02. The Labute approximate surface area is 126 Å². The maximum atomic E-state index is 12.7. The number of fused-ring (bicyclic) bond motifs is 1. The van der Waals surface area contributed by atoms with Crippen LogP contribution >= 0.6 is 11.3 Å². The van der Waals surface area contributed by atoms with Gasteiger partial charge in [-0.1, -0.05) is 12.1 Å². The van der Waals surface area contributed by atoms with Crippen molar-refractivity contribution in [3.05, 3.63) is 59.0 Å². The van der Waals surface area contributed by atoms with Gasteiger partial charge in [0.2, 0.25) is 0 Å². The Bertz CT molecular complexity index is 805. The molecule has 0 saturated heterocycles. The van der Waals surface area contributed by atoms with E-state index >= 15 is 0 Å². The van der Waals surface area contributed by atoms with Gasteiger partial charge in [0, 0.05) is 15.8 Å². The van der Waals surface area contributed by atoms with Crippen LogP contribution in [0, 0.1) is 0 Å². The summed E-state index contributed by atoms with van der Waals surface area (Å²) >= 11 is 1.58. The molecule has 21 heavy (non-hydrogen) atoms. The van der Waals surface area contributed by atoms with E-state index in [9.17, 15) is 4.79 Å². The summed E-state index contributed by atoms with van der Waals surface area (Å²) in [6.45, 7) is 0. The van der Waals surface area contributed by atoms with Crippen molar-refractivity contribution < 1.29 is 14.3 Å². The van der Waals surface area contributed by atoms with Crippen molar-refractivity contribution in [1.82, 2.24) is 0 Å². The summed E-state index contributed by atoms with van der Waals surface area (Å²) in [5.41, 5.74) is 1.31. The van der Waals surface area contributed by atoms with Crippen LogP contribution in [0.25, 0.3) is 10.1 Å². The third kappa shape index (κ3) is 2.38. The number of ether oxygens (including phenoxy) is 2. The van der Waals surface area contributed by atoms with E-state index in [1.54, 1.807) is 43.8 Å². The van der Waals surface area contributed by atoms with Gasteiger partial charge in [-0.2, -0.15) is 0 Å².